The molecule has 0 aliphatic heterocycles. The van der Waals surface area contributed by atoms with Crippen LogP contribution in [0.1, 0.15) is 37.8 Å². The van der Waals surface area contributed by atoms with E-state index in [4.69, 9.17) is 38.4 Å². The quantitative estimate of drug-likeness (QED) is 0.430. The van der Waals surface area contributed by atoms with Crippen LogP contribution in [0.5, 0.6) is 11.5 Å². The number of hydrogen-bond acceptors (Lipinski definition) is 5. The van der Waals surface area contributed by atoms with E-state index in [2.05, 4.69) is 5.48 Å². The predicted octanol–water partition coefficient (Wildman–Crippen LogP) is 5.13. The molecule has 0 radical (unpaired) electrons. The topological polar surface area (TPSA) is 76.7 Å². The fraction of sp³-hybridized carbons (Fsp3) is 0.400. The lowest BCUT2D eigenvalue weighted by atomic mass is 10.0. The van der Waals surface area contributed by atoms with E-state index in [0.717, 1.165) is 12.8 Å². The van der Waals surface area contributed by atoms with Crippen molar-refractivity contribution in [3.8, 4) is 11.5 Å². The van der Waals surface area contributed by atoms with E-state index in [-0.39, 0.29) is 31.1 Å². The number of ether oxygens (including phenoxy) is 2. The van der Waals surface area contributed by atoms with E-state index in [0.29, 0.717) is 33.5 Å². The molecule has 0 amide bonds. The van der Waals surface area contributed by atoms with Gasteiger partial charge in [-0.1, -0.05) is 36.5 Å². The maximum atomic E-state index is 13.6. The molecule has 154 valence electrons. The van der Waals surface area contributed by atoms with Gasteiger partial charge >= 0.3 is 0 Å². The summed E-state index contributed by atoms with van der Waals surface area (Å²) in [6.07, 6.45) is 2.07. The van der Waals surface area contributed by atoms with E-state index in [9.17, 15) is 9.60 Å². The van der Waals surface area contributed by atoms with E-state index >= 15 is 0 Å². The second kappa shape index (κ2) is 11.4. The van der Waals surface area contributed by atoms with E-state index < -0.39 is 0 Å². The third-order valence-corrected chi connectivity index (χ3v) is 4.60. The van der Waals surface area contributed by atoms with E-state index in [1.165, 1.54) is 12.1 Å². The van der Waals surface area contributed by atoms with Gasteiger partial charge in [0.1, 0.15) is 23.9 Å². The van der Waals surface area contributed by atoms with Crippen LogP contribution in [0, 0.1) is 5.82 Å². The summed E-state index contributed by atoms with van der Waals surface area (Å²) in [4.78, 5) is 0. The molecule has 0 saturated heterocycles. The number of halogens is 3. The Morgan fingerprint density at radius 3 is 2.46 bits per heavy atom. The predicted molar refractivity (Wildman–Crippen MR) is 109 cm³/mol. The van der Waals surface area contributed by atoms with Gasteiger partial charge in [-0.25, -0.2) is 4.39 Å². The Hall–Kier alpha value is -1.57. The van der Waals surface area contributed by atoms with Gasteiger partial charge in [0.15, 0.2) is 0 Å². The lowest BCUT2D eigenvalue weighted by molar-refractivity contribution is 0.0846. The monoisotopic (exact) mass is 430 g/mol. The van der Waals surface area contributed by atoms with Gasteiger partial charge in [0.2, 0.25) is 0 Å². The van der Waals surface area contributed by atoms with Crippen LogP contribution in [-0.2, 0) is 0 Å². The molecule has 0 aliphatic carbocycles. The van der Waals surface area contributed by atoms with Crippen molar-refractivity contribution in [3.05, 3.63) is 57.8 Å². The SMILES string of the molecule is CCCC(N)c1cc(F)ccc1OCCC(COc1cc(Cl)cc(Cl)c1)NO. The van der Waals surface area contributed by atoms with Crippen molar-refractivity contribution in [1.29, 1.82) is 0 Å². The molecule has 5 nitrogen and oxygen atoms in total. The first-order valence-electron chi connectivity index (χ1n) is 9.09. The summed E-state index contributed by atoms with van der Waals surface area (Å²) in [6, 6.07) is 8.52. The third kappa shape index (κ3) is 7.11. The van der Waals surface area contributed by atoms with Crippen LogP contribution in [0.4, 0.5) is 4.39 Å². The maximum Gasteiger partial charge on any atom is 0.124 e. The Bertz CT molecular complexity index is 744. The van der Waals surface area contributed by atoms with Gasteiger partial charge < -0.3 is 20.4 Å². The lowest BCUT2D eigenvalue weighted by Gasteiger charge is -2.19. The van der Waals surface area contributed by atoms with Crippen LogP contribution in [-0.4, -0.2) is 24.5 Å². The normalized spacial score (nSPS) is 13.2. The molecule has 2 atom stereocenters. The zero-order valence-electron chi connectivity index (χ0n) is 15.6. The summed E-state index contributed by atoms with van der Waals surface area (Å²) in [7, 11) is 0. The molecular formula is C20H25Cl2FN2O3. The Morgan fingerprint density at radius 1 is 1.11 bits per heavy atom. The van der Waals surface area contributed by atoms with Crippen LogP contribution in [0.15, 0.2) is 36.4 Å². The smallest absolute Gasteiger partial charge is 0.124 e. The van der Waals surface area contributed by atoms with Crippen LogP contribution in [0.2, 0.25) is 10.0 Å². The van der Waals surface area contributed by atoms with Crippen molar-refractivity contribution < 1.29 is 19.1 Å². The van der Waals surface area contributed by atoms with Crippen LogP contribution < -0.4 is 20.7 Å². The summed E-state index contributed by atoms with van der Waals surface area (Å²) < 4.78 is 25.0. The highest BCUT2D eigenvalue weighted by atomic mass is 35.5. The van der Waals surface area contributed by atoms with Crippen molar-refractivity contribution in [3.63, 3.8) is 0 Å². The molecular weight excluding hydrogens is 406 g/mol. The second-order valence-electron chi connectivity index (χ2n) is 6.46. The third-order valence-electron chi connectivity index (χ3n) is 4.16. The van der Waals surface area contributed by atoms with E-state index in [1.54, 1.807) is 24.3 Å². The summed E-state index contributed by atoms with van der Waals surface area (Å²) in [5, 5.41) is 10.3. The molecule has 0 aliphatic rings. The fourth-order valence-electron chi connectivity index (χ4n) is 2.71. The van der Waals surface area contributed by atoms with Gasteiger partial charge in [-0.05, 0) is 42.8 Å². The van der Waals surface area contributed by atoms with Gasteiger partial charge in [0.05, 0.1) is 12.6 Å². The number of benzene rings is 2. The molecule has 2 rings (SSSR count). The molecule has 0 heterocycles. The minimum absolute atomic E-state index is 0.183. The standard InChI is InChI=1S/C20H25Cl2FN2O3/c1-2-3-19(24)18-11-15(23)4-5-20(18)27-7-6-16(25-26)12-28-17-9-13(21)8-14(22)10-17/h4-5,8-11,16,19,25-26H,2-3,6-7,12,24H2,1H3. The average molecular weight is 431 g/mol. The Labute approximate surface area is 174 Å². The summed E-state index contributed by atoms with van der Waals surface area (Å²) in [5.74, 6) is 0.698. The number of nitrogens with one attached hydrogen (secondary N) is 1. The Morgan fingerprint density at radius 2 is 1.82 bits per heavy atom. The molecule has 0 spiro atoms. The second-order valence-corrected chi connectivity index (χ2v) is 7.33. The van der Waals surface area contributed by atoms with Crippen molar-refractivity contribution in [2.24, 2.45) is 5.73 Å². The van der Waals surface area contributed by atoms with Crippen LogP contribution in [0.3, 0.4) is 0 Å². The Balaban J connectivity index is 1.90. The minimum atomic E-state index is -0.383. The number of rotatable bonds is 11. The summed E-state index contributed by atoms with van der Waals surface area (Å²) >= 11 is 11.9. The molecule has 0 aromatic heterocycles. The largest absolute Gasteiger partial charge is 0.493 e. The highest BCUT2D eigenvalue weighted by Gasteiger charge is 2.15. The number of hydrogen-bond donors (Lipinski definition) is 3. The van der Waals surface area contributed by atoms with Crippen LogP contribution >= 0.6 is 23.2 Å². The molecule has 8 heteroatoms. The maximum absolute atomic E-state index is 13.6. The van der Waals surface area contributed by atoms with Gasteiger partial charge in [-0.2, -0.15) is 5.48 Å². The Kier molecular flexibility index (Phi) is 9.28. The summed E-state index contributed by atoms with van der Waals surface area (Å²) in [5.41, 5.74) is 8.97. The molecule has 2 aromatic rings. The highest BCUT2D eigenvalue weighted by Crippen LogP contribution is 2.28. The molecule has 4 N–H and O–H groups in total. The van der Waals surface area contributed by atoms with Crippen molar-refractivity contribution >= 4 is 23.2 Å². The van der Waals surface area contributed by atoms with Crippen molar-refractivity contribution in [2.75, 3.05) is 13.2 Å². The van der Waals surface area contributed by atoms with Crippen molar-refractivity contribution in [1.82, 2.24) is 5.48 Å². The zero-order chi connectivity index (χ0) is 20.5. The molecule has 28 heavy (non-hydrogen) atoms. The summed E-state index contributed by atoms with van der Waals surface area (Å²) in [6.45, 7) is 2.49. The zero-order valence-corrected chi connectivity index (χ0v) is 17.1. The van der Waals surface area contributed by atoms with Gasteiger partial charge in [-0.3, -0.25) is 0 Å². The fourth-order valence-corrected chi connectivity index (χ4v) is 3.22. The first kappa shape index (κ1) is 22.7. The van der Waals surface area contributed by atoms with E-state index in [1.807, 2.05) is 6.92 Å². The van der Waals surface area contributed by atoms with Gasteiger partial charge in [-0.15, -0.1) is 0 Å². The van der Waals surface area contributed by atoms with Gasteiger partial charge in [0.25, 0.3) is 0 Å². The highest BCUT2D eigenvalue weighted by molar-refractivity contribution is 6.34. The first-order valence-corrected chi connectivity index (χ1v) is 9.84. The first-order chi connectivity index (χ1) is 13.4. The molecule has 2 aromatic carbocycles. The lowest BCUT2D eigenvalue weighted by Crippen LogP contribution is -2.33. The molecule has 0 saturated carbocycles. The molecule has 0 fully saturated rings. The molecule has 2 unspecified atom stereocenters. The average Bonchev–Trinajstić information content (AvgIpc) is 2.65. The molecule has 0 bridgehead atoms. The van der Waals surface area contributed by atoms with Crippen LogP contribution in [0.25, 0.3) is 0 Å². The minimum Gasteiger partial charge on any atom is -0.493 e. The van der Waals surface area contributed by atoms with Crippen molar-refractivity contribution in [2.45, 2.75) is 38.3 Å². The number of hydroxylamine groups is 1. The number of nitrogens with two attached hydrogens (primary N) is 1. The van der Waals surface area contributed by atoms with Gasteiger partial charge in [0, 0.05) is 28.1 Å².